The summed E-state index contributed by atoms with van der Waals surface area (Å²) in [5, 5.41) is 3.66. The molecule has 0 aliphatic rings. The van der Waals surface area contributed by atoms with Crippen LogP contribution >= 0.6 is 27.7 Å². The van der Waals surface area contributed by atoms with Crippen LogP contribution in [0.3, 0.4) is 0 Å². The van der Waals surface area contributed by atoms with Crippen LogP contribution in [-0.4, -0.2) is 24.1 Å². The molecular formula is C17H28BrNS. The summed E-state index contributed by atoms with van der Waals surface area (Å²) in [6.45, 7) is 7.83. The van der Waals surface area contributed by atoms with Crippen LogP contribution in [0.5, 0.6) is 0 Å². The van der Waals surface area contributed by atoms with Crippen LogP contribution in [0.2, 0.25) is 0 Å². The maximum absolute atomic E-state index is 3.66. The van der Waals surface area contributed by atoms with E-state index in [-0.39, 0.29) is 5.54 Å². The van der Waals surface area contributed by atoms with E-state index in [9.17, 15) is 0 Å². The van der Waals surface area contributed by atoms with E-state index in [1.165, 1.54) is 30.6 Å². The standard InChI is InChI=1S/C17H28BrNS/c1-17(2,3)19-13-15(6-5-11-20-4)12-14-7-9-16(18)10-8-14/h7-10,15,19H,5-6,11-13H2,1-4H3. The fourth-order valence-electron chi connectivity index (χ4n) is 2.20. The van der Waals surface area contributed by atoms with Crippen molar-refractivity contribution >= 4 is 27.7 Å². The molecule has 1 aromatic rings. The molecular weight excluding hydrogens is 330 g/mol. The largest absolute Gasteiger partial charge is 0.312 e. The average molecular weight is 358 g/mol. The van der Waals surface area contributed by atoms with Gasteiger partial charge in [0, 0.05) is 10.0 Å². The third kappa shape index (κ3) is 8.33. The second-order valence-electron chi connectivity index (χ2n) is 6.46. The lowest BCUT2D eigenvalue weighted by Crippen LogP contribution is -2.39. The lowest BCUT2D eigenvalue weighted by molar-refractivity contribution is 0.355. The Kier molecular flexibility index (Phi) is 8.23. The van der Waals surface area contributed by atoms with Crippen molar-refractivity contribution in [2.45, 2.75) is 45.6 Å². The first kappa shape index (κ1) is 18.1. The Hall–Kier alpha value is 0.01000. The number of benzene rings is 1. The molecule has 1 atom stereocenters. The first-order chi connectivity index (χ1) is 9.40. The Morgan fingerprint density at radius 1 is 1.20 bits per heavy atom. The van der Waals surface area contributed by atoms with Crippen molar-refractivity contribution in [3.63, 3.8) is 0 Å². The van der Waals surface area contributed by atoms with E-state index in [0.29, 0.717) is 0 Å². The molecule has 1 nitrogen and oxygen atoms in total. The minimum absolute atomic E-state index is 0.206. The molecule has 3 heteroatoms. The maximum Gasteiger partial charge on any atom is 0.0175 e. The molecule has 0 saturated carbocycles. The highest BCUT2D eigenvalue weighted by Gasteiger charge is 2.14. The van der Waals surface area contributed by atoms with E-state index in [1.54, 1.807) is 0 Å². The highest BCUT2D eigenvalue weighted by Crippen LogP contribution is 2.18. The minimum atomic E-state index is 0.206. The number of nitrogens with one attached hydrogen (secondary N) is 1. The van der Waals surface area contributed by atoms with Gasteiger partial charge in [-0.3, -0.25) is 0 Å². The van der Waals surface area contributed by atoms with Crippen LogP contribution in [0.15, 0.2) is 28.7 Å². The topological polar surface area (TPSA) is 12.0 Å². The van der Waals surface area contributed by atoms with E-state index in [1.807, 2.05) is 11.8 Å². The minimum Gasteiger partial charge on any atom is -0.312 e. The van der Waals surface area contributed by atoms with Crippen LogP contribution in [0.4, 0.5) is 0 Å². The summed E-state index contributed by atoms with van der Waals surface area (Å²) in [4.78, 5) is 0. The molecule has 0 aromatic heterocycles. The summed E-state index contributed by atoms with van der Waals surface area (Å²) in [5.41, 5.74) is 1.65. The van der Waals surface area contributed by atoms with Crippen LogP contribution in [-0.2, 0) is 6.42 Å². The van der Waals surface area contributed by atoms with Gasteiger partial charge in [0.25, 0.3) is 0 Å². The van der Waals surface area contributed by atoms with Crippen LogP contribution in [0.25, 0.3) is 0 Å². The smallest absolute Gasteiger partial charge is 0.0175 e. The normalized spacial score (nSPS) is 13.4. The molecule has 0 aliphatic carbocycles. The number of thioether (sulfide) groups is 1. The second kappa shape index (κ2) is 9.11. The molecule has 0 spiro atoms. The third-order valence-electron chi connectivity index (χ3n) is 3.32. The number of hydrogen-bond acceptors (Lipinski definition) is 2. The Labute approximate surface area is 137 Å². The van der Waals surface area contributed by atoms with Gasteiger partial charge in [-0.25, -0.2) is 0 Å². The Bertz CT molecular complexity index is 370. The molecule has 0 heterocycles. The number of halogens is 1. The first-order valence-corrected chi connectivity index (χ1v) is 9.58. The van der Waals surface area contributed by atoms with E-state index < -0.39 is 0 Å². The zero-order valence-corrected chi connectivity index (χ0v) is 15.6. The van der Waals surface area contributed by atoms with Crippen molar-refractivity contribution in [2.75, 3.05) is 18.6 Å². The molecule has 0 radical (unpaired) electrons. The van der Waals surface area contributed by atoms with Crippen molar-refractivity contribution in [2.24, 2.45) is 5.92 Å². The molecule has 1 unspecified atom stereocenters. The van der Waals surface area contributed by atoms with Crippen molar-refractivity contribution in [3.05, 3.63) is 34.3 Å². The van der Waals surface area contributed by atoms with Gasteiger partial charge in [0.2, 0.25) is 0 Å². The third-order valence-corrected chi connectivity index (χ3v) is 4.55. The van der Waals surface area contributed by atoms with Crippen LogP contribution < -0.4 is 5.32 Å². The lowest BCUT2D eigenvalue weighted by atomic mass is 9.94. The first-order valence-electron chi connectivity index (χ1n) is 7.39. The Morgan fingerprint density at radius 2 is 1.85 bits per heavy atom. The quantitative estimate of drug-likeness (QED) is 0.646. The van der Waals surface area contributed by atoms with Gasteiger partial charge in [-0.2, -0.15) is 11.8 Å². The molecule has 114 valence electrons. The SMILES string of the molecule is CSCCCC(CNC(C)(C)C)Cc1ccc(Br)cc1. The van der Waals surface area contributed by atoms with E-state index in [2.05, 4.69) is 72.5 Å². The summed E-state index contributed by atoms with van der Waals surface area (Å²) >= 11 is 5.45. The predicted molar refractivity (Wildman–Crippen MR) is 96.7 cm³/mol. The monoisotopic (exact) mass is 357 g/mol. The Morgan fingerprint density at radius 3 is 2.40 bits per heavy atom. The van der Waals surface area contributed by atoms with Crippen molar-refractivity contribution in [3.8, 4) is 0 Å². The second-order valence-corrected chi connectivity index (χ2v) is 8.36. The summed E-state index contributed by atoms with van der Waals surface area (Å²) in [6, 6.07) is 8.77. The summed E-state index contributed by atoms with van der Waals surface area (Å²) in [7, 11) is 0. The average Bonchev–Trinajstić information content (AvgIpc) is 2.37. The number of hydrogen-bond donors (Lipinski definition) is 1. The number of rotatable bonds is 8. The fourth-order valence-corrected chi connectivity index (χ4v) is 2.92. The predicted octanol–water partition coefficient (Wildman–Crippen LogP) is 5.14. The molecule has 1 aromatic carbocycles. The van der Waals surface area contributed by atoms with Crippen LogP contribution in [0, 0.1) is 5.92 Å². The molecule has 1 N–H and O–H groups in total. The highest BCUT2D eigenvalue weighted by molar-refractivity contribution is 9.10. The molecule has 0 saturated heterocycles. The molecule has 0 amide bonds. The van der Waals surface area contributed by atoms with E-state index in [0.717, 1.165) is 16.9 Å². The summed E-state index contributed by atoms with van der Waals surface area (Å²) in [5.74, 6) is 1.99. The zero-order chi connectivity index (χ0) is 15.0. The molecule has 1 rings (SSSR count). The summed E-state index contributed by atoms with van der Waals surface area (Å²) in [6.07, 6.45) is 5.98. The Balaban J connectivity index is 2.54. The van der Waals surface area contributed by atoms with Crippen LogP contribution in [0.1, 0.15) is 39.2 Å². The van der Waals surface area contributed by atoms with Gasteiger partial charge in [-0.1, -0.05) is 28.1 Å². The van der Waals surface area contributed by atoms with Crippen molar-refractivity contribution in [1.82, 2.24) is 5.32 Å². The van der Waals surface area contributed by atoms with Gasteiger partial charge < -0.3 is 5.32 Å². The van der Waals surface area contributed by atoms with Gasteiger partial charge >= 0.3 is 0 Å². The zero-order valence-electron chi connectivity index (χ0n) is 13.2. The fraction of sp³-hybridized carbons (Fsp3) is 0.647. The van der Waals surface area contributed by atoms with Gasteiger partial charge in [-0.05, 0) is 82.2 Å². The van der Waals surface area contributed by atoms with E-state index >= 15 is 0 Å². The van der Waals surface area contributed by atoms with Gasteiger partial charge in [0.15, 0.2) is 0 Å². The van der Waals surface area contributed by atoms with Gasteiger partial charge in [0.1, 0.15) is 0 Å². The van der Waals surface area contributed by atoms with Crippen molar-refractivity contribution < 1.29 is 0 Å². The van der Waals surface area contributed by atoms with Gasteiger partial charge in [-0.15, -0.1) is 0 Å². The molecule has 20 heavy (non-hydrogen) atoms. The molecule has 0 aliphatic heterocycles. The summed E-state index contributed by atoms with van der Waals surface area (Å²) < 4.78 is 1.16. The van der Waals surface area contributed by atoms with Gasteiger partial charge in [0.05, 0.1) is 0 Å². The maximum atomic E-state index is 3.66. The van der Waals surface area contributed by atoms with Crippen molar-refractivity contribution in [1.29, 1.82) is 0 Å². The molecule has 0 bridgehead atoms. The van der Waals surface area contributed by atoms with E-state index in [4.69, 9.17) is 0 Å². The molecule has 0 fully saturated rings. The highest BCUT2D eigenvalue weighted by atomic mass is 79.9. The lowest BCUT2D eigenvalue weighted by Gasteiger charge is -2.25.